The summed E-state index contributed by atoms with van der Waals surface area (Å²) >= 11 is 1.47. The van der Waals surface area contributed by atoms with E-state index in [4.69, 9.17) is 10.8 Å². The Hall–Kier alpha value is -5.98. The zero-order valence-electron chi connectivity index (χ0n) is 32.2. The van der Waals surface area contributed by atoms with Gasteiger partial charge in [-0.25, -0.2) is 4.79 Å². The van der Waals surface area contributed by atoms with E-state index in [0.717, 1.165) is 4.90 Å². The van der Waals surface area contributed by atoms with E-state index in [0.29, 0.717) is 16.9 Å². The van der Waals surface area contributed by atoms with Gasteiger partial charge >= 0.3 is 17.8 Å². The van der Waals surface area contributed by atoms with Gasteiger partial charge in [-0.2, -0.15) is 11.8 Å². The van der Waals surface area contributed by atoms with Crippen molar-refractivity contribution in [3.63, 3.8) is 0 Å². The third kappa shape index (κ3) is 16.7. The van der Waals surface area contributed by atoms with Crippen LogP contribution in [0.15, 0.2) is 60.7 Å². The van der Waals surface area contributed by atoms with Gasteiger partial charge in [-0.05, 0) is 41.9 Å². The van der Waals surface area contributed by atoms with Crippen LogP contribution in [0.5, 0.6) is 0 Å². The van der Waals surface area contributed by atoms with Crippen LogP contribution in [0.2, 0.25) is 0 Å². The fraction of sp³-hybridized carbons (Fsp3) is 0.447. The number of primary amides is 1. The number of carbonyl (C=O) groups is 9. The summed E-state index contributed by atoms with van der Waals surface area (Å²) in [7, 11) is 1.30. The molecule has 7 amide bonds. The monoisotopic (exact) mass is 813 g/mol. The van der Waals surface area contributed by atoms with Crippen LogP contribution in [0.25, 0.3) is 0 Å². The summed E-state index contributed by atoms with van der Waals surface area (Å²) in [5.41, 5.74) is 6.66. The van der Waals surface area contributed by atoms with Crippen LogP contribution >= 0.6 is 11.8 Å². The number of thioether (sulfide) groups is 1. The van der Waals surface area contributed by atoms with Gasteiger partial charge in [-0.3, -0.25) is 38.4 Å². The van der Waals surface area contributed by atoms with Crippen molar-refractivity contribution in [1.82, 2.24) is 31.5 Å². The first-order valence-electron chi connectivity index (χ1n) is 18.0. The van der Waals surface area contributed by atoms with Crippen molar-refractivity contribution in [1.29, 1.82) is 0 Å². The van der Waals surface area contributed by atoms with Crippen LogP contribution in [0.3, 0.4) is 0 Å². The lowest BCUT2D eigenvalue weighted by Crippen LogP contribution is -2.59. The smallest absolute Gasteiger partial charge is 0.394 e. The van der Waals surface area contributed by atoms with Gasteiger partial charge in [0.2, 0.25) is 35.4 Å². The van der Waals surface area contributed by atoms with E-state index in [2.05, 4.69) is 21.3 Å². The molecular formula is C38H51N7O11S. The first-order valence-corrected chi connectivity index (χ1v) is 19.4. The first kappa shape index (κ1) is 47.2. The molecule has 0 heterocycles. The number of nitrogens with one attached hydrogen (secondary N) is 5. The Morgan fingerprint density at radius 2 is 1.26 bits per heavy atom. The topological polar surface area (TPSA) is 283 Å². The van der Waals surface area contributed by atoms with Gasteiger partial charge in [0.15, 0.2) is 0 Å². The van der Waals surface area contributed by atoms with Crippen molar-refractivity contribution >= 4 is 65.1 Å². The normalized spacial score (nSPS) is 13.4. The van der Waals surface area contributed by atoms with Gasteiger partial charge in [0.25, 0.3) is 0 Å². The number of nitrogens with two attached hydrogens (primary N) is 1. The van der Waals surface area contributed by atoms with E-state index in [1.807, 2.05) is 25.4 Å². The number of likely N-dealkylation sites (N-methyl/N-ethyl adjacent to an activating group) is 1. The minimum Gasteiger partial charge on any atom is -0.481 e. The lowest BCUT2D eigenvalue weighted by atomic mass is 10.0. The minimum absolute atomic E-state index is 0.0538. The number of benzene rings is 2. The molecular weight excluding hydrogens is 763 g/mol. The molecule has 19 heteroatoms. The summed E-state index contributed by atoms with van der Waals surface area (Å²) in [4.78, 5) is 115. The molecule has 0 fully saturated rings. The second kappa shape index (κ2) is 23.8. The average Bonchev–Trinajstić information content (AvgIpc) is 3.16. The molecule has 2 aromatic rings. The van der Waals surface area contributed by atoms with Crippen molar-refractivity contribution in [3.05, 3.63) is 71.8 Å². The highest BCUT2D eigenvalue weighted by atomic mass is 32.2. The van der Waals surface area contributed by atoms with Crippen molar-refractivity contribution in [2.75, 3.05) is 25.6 Å². The van der Waals surface area contributed by atoms with E-state index >= 15 is 0 Å². The molecule has 5 atom stereocenters. The first-order chi connectivity index (χ1) is 26.9. The van der Waals surface area contributed by atoms with E-state index in [1.54, 1.807) is 60.7 Å². The second-order valence-corrected chi connectivity index (χ2v) is 14.5. The van der Waals surface area contributed by atoms with E-state index in [9.17, 15) is 48.3 Å². The number of hydrogen-bond acceptors (Lipinski definition) is 10. The molecule has 0 bridgehead atoms. The number of rotatable bonds is 23. The summed E-state index contributed by atoms with van der Waals surface area (Å²) in [6, 6.07) is 10.4. The Kier molecular flexibility index (Phi) is 19.7. The number of aliphatic carboxylic acids is 2. The molecule has 0 unspecified atom stereocenters. The summed E-state index contributed by atoms with van der Waals surface area (Å²) in [5, 5.41) is 30.3. The molecule has 0 aromatic heterocycles. The lowest BCUT2D eigenvalue weighted by Gasteiger charge is -2.32. The molecule has 2 aromatic carbocycles. The third-order valence-electron chi connectivity index (χ3n) is 8.53. The zero-order valence-corrected chi connectivity index (χ0v) is 33.0. The van der Waals surface area contributed by atoms with Gasteiger partial charge in [0.1, 0.15) is 30.2 Å². The highest BCUT2D eigenvalue weighted by Crippen LogP contribution is 2.14. The van der Waals surface area contributed by atoms with Crippen molar-refractivity contribution in [2.45, 2.75) is 76.2 Å². The maximum Gasteiger partial charge on any atom is 0.394 e. The molecule has 310 valence electrons. The molecule has 9 N–H and O–H groups in total. The fourth-order valence-electron chi connectivity index (χ4n) is 5.60. The van der Waals surface area contributed by atoms with E-state index < -0.39 is 96.5 Å². The van der Waals surface area contributed by atoms with Crippen molar-refractivity contribution in [3.8, 4) is 0 Å². The summed E-state index contributed by atoms with van der Waals surface area (Å²) in [6.45, 7) is 3.06. The second-order valence-electron chi connectivity index (χ2n) is 13.5. The molecule has 0 aliphatic rings. The molecule has 0 saturated carbocycles. The van der Waals surface area contributed by atoms with Crippen LogP contribution in [-0.2, 0) is 56.0 Å². The number of amides is 7. The highest BCUT2D eigenvalue weighted by Gasteiger charge is 2.35. The summed E-state index contributed by atoms with van der Waals surface area (Å²) < 4.78 is 0. The molecule has 0 spiro atoms. The standard InChI is InChI=1S/C38H51N7O11S/c1-22(2)17-26(33(50)42-25(32(39)49)15-16-57-4)41-30(46)21-40-35(52)29(19-24-13-9-6-10-14-24)45(3)37(54)28(18-23-11-7-5-8-12-23)44-34(51)27(20-31(47)48)43-36(53)38(55)56/h5-14,22,25-29H,15-21H2,1-4H3,(H2,39,49)(H,40,52)(H,41,46)(H,42,50)(H,43,53)(H,44,51)(H,47,48)(H,55,56)/t25-,26-,27-,28-,29-/m0/s1. The molecule has 0 saturated heterocycles. The van der Waals surface area contributed by atoms with Gasteiger partial charge in [0.05, 0.1) is 13.0 Å². The average molecular weight is 814 g/mol. The van der Waals surface area contributed by atoms with E-state index in [-0.39, 0.29) is 31.6 Å². The molecule has 0 radical (unpaired) electrons. The van der Waals surface area contributed by atoms with Crippen LogP contribution in [0.4, 0.5) is 0 Å². The van der Waals surface area contributed by atoms with Gasteiger partial charge < -0.3 is 47.4 Å². The quantitative estimate of drug-likeness (QED) is 0.0641. The Morgan fingerprint density at radius 1 is 0.719 bits per heavy atom. The van der Waals surface area contributed by atoms with Gasteiger partial charge in [0, 0.05) is 19.9 Å². The van der Waals surface area contributed by atoms with Crippen LogP contribution < -0.4 is 32.3 Å². The summed E-state index contributed by atoms with van der Waals surface area (Å²) in [6.07, 6.45) is 1.12. The number of nitrogens with zero attached hydrogens (tertiary/aromatic N) is 1. The van der Waals surface area contributed by atoms with Crippen LogP contribution in [0, 0.1) is 5.92 Å². The van der Waals surface area contributed by atoms with E-state index in [1.165, 1.54) is 18.8 Å². The number of carboxylic acid groups (broad SMARTS) is 2. The minimum atomic E-state index is -1.96. The molecule has 18 nitrogen and oxygen atoms in total. The maximum atomic E-state index is 14.2. The number of carboxylic acids is 2. The molecule has 0 aliphatic carbocycles. The molecule has 0 aliphatic heterocycles. The Morgan fingerprint density at radius 3 is 1.77 bits per heavy atom. The van der Waals surface area contributed by atoms with Gasteiger partial charge in [-0.1, -0.05) is 74.5 Å². The number of hydrogen-bond donors (Lipinski definition) is 8. The maximum absolute atomic E-state index is 14.2. The predicted molar refractivity (Wildman–Crippen MR) is 209 cm³/mol. The third-order valence-corrected chi connectivity index (χ3v) is 9.18. The molecule has 2 rings (SSSR count). The SMILES string of the molecule is CSCC[C@H](NC(=O)[C@H](CC(C)C)NC(=O)CNC(=O)[C@H](Cc1ccccc1)N(C)C(=O)[C@H](Cc1ccccc1)NC(=O)[C@H](CC(=O)O)NC(=O)C(=O)O)C(N)=O. The van der Waals surface area contributed by atoms with Crippen molar-refractivity contribution < 1.29 is 53.4 Å². The Balaban J connectivity index is 2.36. The molecule has 57 heavy (non-hydrogen) atoms. The van der Waals surface area contributed by atoms with Crippen molar-refractivity contribution in [2.24, 2.45) is 11.7 Å². The largest absolute Gasteiger partial charge is 0.481 e. The predicted octanol–water partition coefficient (Wildman–Crippen LogP) is -0.802. The summed E-state index contributed by atoms with van der Waals surface area (Å²) in [5.74, 6) is -9.48. The lowest BCUT2D eigenvalue weighted by molar-refractivity contribution is -0.151. The van der Waals surface area contributed by atoms with Crippen LogP contribution in [0.1, 0.15) is 44.2 Å². The van der Waals surface area contributed by atoms with Gasteiger partial charge in [-0.15, -0.1) is 0 Å². The fourth-order valence-corrected chi connectivity index (χ4v) is 6.07. The highest BCUT2D eigenvalue weighted by molar-refractivity contribution is 7.98. The number of carbonyl (C=O) groups excluding carboxylic acids is 7. The van der Waals surface area contributed by atoms with Crippen LogP contribution in [-0.4, -0.2) is 124 Å². The Bertz CT molecular complexity index is 1730. The Labute approximate surface area is 334 Å². The zero-order chi connectivity index (χ0) is 42.7.